The van der Waals surface area contributed by atoms with E-state index in [1.54, 1.807) is 0 Å². The minimum absolute atomic E-state index is 0.0653. The van der Waals surface area contributed by atoms with E-state index in [1.807, 2.05) is 18.2 Å². The van der Waals surface area contributed by atoms with Crippen LogP contribution in [0.2, 0.25) is 0 Å². The highest BCUT2D eigenvalue weighted by Gasteiger charge is 2.34. The van der Waals surface area contributed by atoms with E-state index in [9.17, 15) is 0 Å². The van der Waals surface area contributed by atoms with Crippen LogP contribution in [0.1, 0.15) is 252 Å². The van der Waals surface area contributed by atoms with Gasteiger partial charge in [0, 0.05) is 41.8 Å². The molecule has 0 spiro atoms. The Labute approximate surface area is 421 Å². The molecular formula is C59H94Br2N2O3. The van der Waals surface area contributed by atoms with E-state index in [0.29, 0.717) is 27.8 Å². The van der Waals surface area contributed by atoms with Crippen molar-refractivity contribution < 1.29 is 13.6 Å². The van der Waals surface area contributed by atoms with E-state index >= 15 is 4.79 Å². The van der Waals surface area contributed by atoms with Gasteiger partial charge in [-0.1, -0.05) is 207 Å². The molecule has 2 atom stereocenters. The van der Waals surface area contributed by atoms with Gasteiger partial charge in [0.2, 0.25) is 0 Å². The van der Waals surface area contributed by atoms with Gasteiger partial charge in [0.25, 0.3) is 5.91 Å². The fourth-order valence-electron chi connectivity index (χ4n) is 10.5. The summed E-state index contributed by atoms with van der Waals surface area (Å²) in [4.78, 5) is 19.7. The lowest BCUT2D eigenvalue weighted by atomic mass is 9.93. The summed E-state index contributed by atoms with van der Waals surface area (Å²) in [5.41, 5.74) is 3.93. The number of anilines is 2. The molecule has 0 saturated carbocycles. The minimum Gasteiger partial charge on any atom is -0.450 e. The predicted octanol–water partition coefficient (Wildman–Crippen LogP) is 18.4. The van der Waals surface area contributed by atoms with Crippen LogP contribution in [0.4, 0.5) is 11.4 Å². The van der Waals surface area contributed by atoms with Crippen molar-refractivity contribution >= 4 is 60.3 Å². The summed E-state index contributed by atoms with van der Waals surface area (Å²) in [5, 5.41) is 2.13. The van der Waals surface area contributed by atoms with Crippen LogP contribution >= 0.6 is 31.9 Å². The van der Waals surface area contributed by atoms with Gasteiger partial charge in [-0.15, -0.1) is 0 Å². The van der Waals surface area contributed by atoms with Gasteiger partial charge in [-0.3, -0.25) is 4.79 Å². The Balaban J connectivity index is 1.70. The zero-order valence-corrected chi connectivity index (χ0v) is 46.2. The van der Waals surface area contributed by atoms with E-state index in [2.05, 4.69) is 102 Å². The van der Waals surface area contributed by atoms with Crippen LogP contribution in [0.3, 0.4) is 0 Å². The highest BCUT2D eigenvalue weighted by Crippen LogP contribution is 2.33. The number of furan rings is 2. The summed E-state index contributed by atoms with van der Waals surface area (Å²) in [6.45, 7) is 13.1. The zero-order valence-electron chi connectivity index (χ0n) is 43.0. The maximum Gasteiger partial charge on any atom is 0.262 e. The first-order chi connectivity index (χ1) is 32.2. The van der Waals surface area contributed by atoms with Crippen LogP contribution < -0.4 is 20.2 Å². The van der Waals surface area contributed by atoms with E-state index in [0.717, 1.165) is 50.9 Å². The first-order valence-corrected chi connectivity index (χ1v) is 29.2. The van der Waals surface area contributed by atoms with Gasteiger partial charge in [-0.2, -0.15) is 0 Å². The molecular weight excluding hydrogens is 944 g/mol. The quantitative estimate of drug-likeness (QED) is 0.0534. The molecule has 1 aromatic carbocycles. The maximum absolute atomic E-state index is 15.1. The molecule has 3 aromatic rings. The third kappa shape index (κ3) is 19.6. The number of fused-ring (bicyclic) bond motifs is 1. The van der Waals surface area contributed by atoms with Gasteiger partial charge in [-0.25, -0.2) is 0 Å². The Bertz CT molecular complexity index is 1900. The van der Waals surface area contributed by atoms with Crippen LogP contribution in [-0.4, -0.2) is 26.0 Å². The number of unbranched alkanes of at least 4 members (excludes halogenated alkanes) is 24. The summed E-state index contributed by atoms with van der Waals surface area (Å²) in [6, 6.07) is 12.6. The third-order valence-corrected chi connectivity index (χ3v) is 15.4. The van der Waals surface area contributed by atoms with Crippen molar-refractivity contribution in [3.8, 4) is 0 Å². The number of rotatable bonds is 39. The average molecular weight is 1040 g/mol. The van der Waals surface area contributed by atoms with Crippen molar-refractivity contribution in [2.75, 3.05) is 29.9 Å². The Hall–Kier alpha value is -2.25. The fourth-order valence-corrected chi connectivity index (χ4v) is 11.1. The Morgan fingerprint density at radius 3 is 1.41 bits per heavy atom. The van der Waals surface area contributed by atoms with Gasteiger partial charge in [-0.05, 0) is 113 Å². The molecule has 0 bridgehead atoms. The number of nitrogens with zero attached hydrogens (tertiary/aromatic N) is 2. The third-order valence-electron chi connectivity index (χ3n) is 14.5. The molecule has 0 aliphatic carbocycles. The average Bonchev–Trinajstić information content (AvgIpc) is 4.02. The molecule has 66 heavy (non-hydrogen) atoms. The van der Waals surface area contributed by atoms with Crippen LogP contribution in [0, 0.1) is 11.8 Å². The second-order valence-corrected chi connectivity index (χ2v) is 21.8. The van der Waals surface area contributed by atoms with E-state index in [4.69, 9.17) is 8.83 Å². The molecule has 3 heterocycles. The van der Waals surface area contributed by atoms with E-state index in [-0.39, 0.29) is 5.91 Å². The van der Waals surface area contributed by atoms with Crippen molar-refractivity contribution in [2.45, 2.75) is 240 Å². The summed E-state index contributed by atoms with van der Waals surface area (Å²) in [5.74, 6) is 2.62. The SMILES string of the molecule is CCCCCCCCCCC(CCCCCCCC)CN(C)c1cc2c(c/c1=C(/C)c1ccc(Br)o1)N(CC(CCCCCCCC)CCCCCCCCCC)C(=O)C=2c1ccc(Br)o1. The van der Waals surface area contributed by atoms with Gasteiger partial charge in [0.15, 0.2) is 9.34 Å². The Morgan fingerprint density at radius 1 is 0.561 bits per heavy atom. The summed E-state index contributed by atoms with van der Waals surface area (Å²) in [7, 11) is 2.29. The Morgan fingerprint density at radius 2 is 0.985 bits per heavy atom. The molecule has 2 unspecified atom stereocenters. The van der Waals surface area contributed by atoms with Gasteiger partial charge in [0.1, 0.15) is 11.5 Å². The van der Waals surface area contributed by atoms with Crippen LogP contribution in [0.25, 0.3) is 11.1 Å². The molecule has 372 valence electrons. The van der Waals surface area contributed by atoms with Crippen molar-refractivity contribution in [3.05, 3.63) is 67.7 Å². The summed E-state index contributed by atoms with van der Waals surface area (Å²) >= 11 is 7.18. The summed E-state index contributed by atoms with van der Waals surface area (Å²) < 4.78 is 13.9. The molecule has 0 N–H and O–H groups in total. The van der Waals surface area contributed by atoms with Crippen LogP contribution in [0.15, 0.2) is 54.6 Å². The highest BCUT2D eigenvalue weighted by molar-refractivity contribution is 9.10. The molecule has 2 aromatic heterocycles. The lowest BCUT2D eigenvalue weighted by Gasteiger charge is -2.28. The molecule has 4 rings (SSSR count). The highest BCUT2D eigenvalue weighted by atomic mass is 79.9. The lowest BCUT2D eigenvalue weighted by molar-refractivity contribution is -0.113. The molecule has 0 radical (unpaired) electrons. The van der Waals surface area contributed by atoms with Crippen LogP contribution in [0.5, 0.6) is 0 Å². The monoisotopic (exact) mass is 1040 g/mol. The maximum atomic E-state index is 15.1. The van der Waals surface area contributed by atoms with Gasteiger partial charge in [0.05, 0.1) is 11.3 Å². The first-order valence-electron chi connectivity index (χ1n) is 27.7. The number of halogens is 2. The largest absolute Gasteiger partial charge is 0.450 e. The Kier molecular flexibility index (Phi) is 28.4. The molecule has 1 aliphatic heterocycles. The topological polar surface area (TPSA) is 49.8 Å². The van der Waals surface area contributed by atoms with Gasteiger partial charge < -0.3 is 18.6 Å². The molecule has 1 aliphatic rings. The number of benzene rings is 1. The molecule has 0 fully saturated rings. The van der Waals surface area contributed by atoms with Crippen molar-refractivity contribution in [1.82, 2.24) is 0 Å². The zero-order chi connectivity index (χ0) is 47.4. The van der Waals surface area contributed by atoms with Gasteiger partial charge >= 0.3 is 0 Å². The predicted molar refractivity (Wildman–Crippen MR) is 292 cm³/mol. The summed E-state index contributed by atoms with van der Waals surface area (Å²) in [6.07, 6.45) is 42.0. The number of amides is 1. The van der Waals surface area contributed by atoms with Crippen molar-refractivity contribution in [3.63, 3.8) is 0 Å². The fraction of sp³-hybridized carbons (Fsp3) is 0.712. The molecule has 0 saturated heterocycles. The number of hydrogen-bond acceptors (Lipinski definition) is 4. The lowest BCUT2D eigenvalue weighted by Crippen LogP contribution is -2.35. The standard InChI is InChI=1S/C59H94Br2N2O3/c1-7-11-15-19-23-25-29-32-36-48(35-31-27-21-17-13-9-3)45-62(6)52-44-51-53(43-50(52)47(5)54-39-41-56(60)65-54)63(59(64)58(51)55-40-42-57(61)66-55)46-49(37-33-28-22-18-14-10-4)38-34-30-26-24-20-16-12-8-2/h39-44,48-49H,7-38,45-46H2,1-6H3/b50-47+. The first kappa shape index (κ1) is 56.3. The smallest absolute Gasteiger partial charge is 0.262 e. The molecule has 1 amide bonds. The minimum atomic E-state index is 0.0653. The molecule has 7 heteroatoms. The second-order valence-electron chi connectivity index (χ2n) is 20.3. The van der Waals surface area contributed by atoms with E-state index in [1.165, 1.54) is 205 Å². The number of hydrogen-bond donors (Lipinski definition) is 0. The number of carbonyl (C=O) groups excluding carboxylic acids is 1. The normalized spacial score (nSPS) is 14.1. The van der Waals surface area contributed by atoms with Crippen molar-refractivity contribution in [2.24, 2.45) is 11.8 Å². The van der Waals surface area contributed by atoms with E-state index < -0.39 is 0 Å². The van der Waals surface area contributed by atoms with Crippen LogP contribution in [-0.2, 0) is 4.79 Å². The number of carbonyl (C=O) groups is 1. The second kappa shape index (κ2) is 33.3. The molecule has 5 nitrogen and oxygen atoms in total. The van der Waals surface area contributed by atoms with Crippen molar-refractivity contribution in [1.29, 1.82) is 0 Å².